The van der Waals surface area contributed by atoms with Crippen molar-refractivity contribution in [1.82, 2.24) is 5.32 Å². The van der Waals surface area contributed by atoms with E-state index in [9.17, 15) is 9.59 Å². The second kappa shape index (κ2) is 5.15. The summed E-state index contributed by atoms with van der Waals surface area (Å²) in [5.41, 5.74) is -0.549. The molecule has 3 rings (SSSR count). The van der Waals surface area contributed by atoms with Crippen LogP contribution < -0.4 is 5.32 Å². The number of hydrogen-bond acceptors (Lipinski definition) is 4. The van der Waals surface area contributed by atoms with Crippen molar-refractivity contribution in [3.8, 4) is 0 Å². The first-order valence-corrected chi connectivity index (χ1v) is 7.81. The van der Waals surface area contributed by atoms with Gasteiger partial charge in [-0.05, 0) is 24.4 Å². The minimum Gasteiger partial charge on any atom is -0.464 e. The summed E-state index contributed by atoms with van der Waals surface area (Å²) in [5, 5.41) is 3.90. The van der Waals surface area contributed by atoms with Crippen molar-refractivity contribution in [2.45, 2.75) is 31.7 Å². The molecule has 21 heavy (non-hydrogen) atoms. The SMILES string of the molecule is CCOC(=O)C1NC(=O)CC1(C)c1cc2ccccc2s1. The number of nitrogens with one attached hydrogen (secondary N) is 1. The van der Waals surface area contributed by atoms with E-state index in [1.165, 1.54) is 0 Å². The third-order valence-corrected chi connectivity index (χ3v) is 5.38. The Morgan fingerprint density at radius 1 is 1.48 bits per heavy atom. The molecule has 0 radical (unpaired) electrons. The average Bonchev–Trinajstić information content (AvgIpc) is 3.01. The maximum atomic E-state index is 12.2. The molecule has 110 valence electrons. The summed E-state index contributed by atoms with van der Waals surface area (Å²) in [7, 11) is 0. The number of amides is 1. The number of carbonyl (C=O) groups is 2. The predicted octanol–water partition coefficient (Wildman–Crippen LogP) is 2.61. The van der Waals surface area contributed by atoms with Crippen molar-refractivity contribution in [2.75, 3.05) is 6.61 Å². The molecule has 1 fully saturated rings. The molecule has 2 heterocycles. The van der Waals surface area contributed by atoms with Gasteiger partial charge < -0.3 is 10.1 Å². The molecule has 1 amide bonds. The first-order valence-electron chi connectivity index (χ1n) is 6.99. The smallest absolute Gasteiger partial charge is 0.329 e. The molecule has 1 aliphatic rings. The van der Waals surface area contributed by atoms with Crippen LogP contribution in [0.4, 0.5) is 0 Å². The summed E-state index contributed by atoms with van der Waals surface area (Å²) in [6.45, 7) is 4.04. The predicted molar refractivity (Wildman–Crippen MR) is 82.4 cm³/mol. The number of carbonyl (C=O) groups excluding carboxylic acids is 2. The van der Waals surface area contributed by atoms with Gasteiger partial charge >= 0.3 is 5.97 Å². The largest absolute Gasteiger partial charge is 0.464 e. The molecular weight excluding hydrogens is 286 g/mol. The highest BCUT2D eigenvalue weighted by molar-refractivity contribution is 7.19. The Morgan fingerprint density at radius 2 is 2.24 bits per heavy atom. The van der Waals surface area contributed by atoms with Crippen LogP contribution in [-0.2, 0) is 19.7 Å². The lowest BCUT2D eigenvalue weighted by Gasteiger charge is -2.27. The molecular formula is C16H17NO3S. The number of esters is 1. The van der Waals surface area contributed by atoms with Crippen LogP contribution in [0, 0.1) is 0 Å². The lowest BCUT2D eigenvalue weighted by molar-refractivity contribution is -0.147. The van der Waals surface area contributed by atoms with E-state index in [2.05, 4.69) is 17.4 Å². The highest BCUT2D eigenvalue weighted by atomic mass is 32.1. The molecule has 1 aromatic carbocycles. The van der Waals surface area contributed by atoms with Crippen molar-refractivity contribution in [3.63, 3.8) is 0 Å². The molecule has 0 saturated carbocycles. The standard InChI is InChI=1S/C16H17NO3S/c1-3-20-15(19)14-16(2,9-13(18)17-14)12-8-10-6-4-5-7-11(10)21-12/h4-8,14H,3,9H2,1-2H3,(H,17,18). The molecule has 4 nitrogen and oxygen atoms in total. The van der Waals surface area contributed by atoms with Gasteiger partial charge in [0.05, 0.1) is 6.61 Å². The fourth-order valence-corrected chi connectivity index (χ4v) is 4.08. The Hall–Kier alpha value is -1.88. The number of thiophene rings is 1. The Morgan fingerprint density at radius 3 is 2.95 bits per heavy atom. The fraction of sp³-hybridized carbons (Fsp3) is 0.375. The van der Waals surface area contributed by atoms with Crippen molar-refractivity contribution in [2.24, 2.45) is 0 Å². The minimum absolute atomic E-state index is 0.104. The molecule has 1 aliphatic heterocycles. The van der Waals surface area contributed by atoms with E-state index >= 15 is 0 Å². The van der Waals surface area contributed by atoms with Crippen LogP contribution in [-0.4, -0.2) is 24.5 Å². The Bertz CT molecular complexity index is 675. The van der Waals surface area contributed by atoms with Crippen LogP contribution in [0.2, 0.25) is 0 Å². The highest BCUT2D eigenvalue weighted by Crippen LogP contribution is 2.42. The summed E-state index contributed by atoms with van der Waals surface area (Å²) in [6.07, 6.45) is 0.309. The zero-order chi connectivity index (χ0) is 15.0. The van der Waals surface area contributed by atoms with Gasteiger partial charge in [0, 0.05) is 21.4 Å². The second-order valence-electron chi connectivity index (χ2n) is 5.50. The van der Waals surface area contributed by atoms with E-state index in [0.29, 0.717) is 13.0 Å². The molecule has 2 aromatic rings. The summed E-state index contributed by atoms with van der Waals surface area (Å²) in [6, 6.07) is 9.54. The van der Waals surface area contributed by atoms with E-state index in [0.717, 1.165) is 15.0 Å². The first kappa shape index (κ1) is 14.1. The summed E-state index contributed by atoms with van der Waals surface area (Å²) in [4.78, 5) is 25.1. The van der Waals surface area contributed by atoms with Crippen LogP contribution in [0.3, 0.4) is 0 Å². The van der Waals surface area contributed by atoms with E-state index in [1.54, 1.807) is 18.3 Å². The van der Waals surface area contributed by atoms with Crippen molar-refractivity contribution in [1.29, 1.82) is 0 Å². The minimum atomic E-state index is -0.613. The zero-order valence-corrected chi connectivity index (χ0v) is 12.8. The van der Waals surface area contributed by atoms with Gasteiger partial charge in [0.15, 0.2) is 0 Å². The summed E-state index contributed by atoms with van der Waals surface area (Å²) in [5.74, 6) is -0.462. The molecule has 2 atom stereocenters. The molecule has 0 aliphatic carbocycles. The van der Waals surface area contributed by atoms with Crippen LogP contribution in [0.1, 0.15) is 25.1 Å². The molecule has 5 heteroatoms. The number of ether oxygens (including phenoxy) is 1. The van der Waals surface area contributed by atoms with Crippen molar-refractivity contribution in [3.05, 3.63) is 35.2 Å². The number of fused-ring (bicyclic) bond motifs is 1. The first-order chi connectivity index (χ1) is 10.0. The number of rotatable bonds is 3. The second-order valence-corrected chi connectivity index (χ2v) is 6.58. The quantitative estimate of drug-likeness (QED) is 0.887. The van der Waals surface area contributed by atoms with Crippen LogP contribution in [0.15, 0.2) is 30.3 Å². The van der Waals surface area contributed by atoms with Gasteiger partial charge in [0.2, 0.25) is 5.91 Å². The number of hydrogen-bond donors (Lipinski definition) is 1. The van der Waals surface area contributed by atoms with Gasteiger partial charge in [0.25, 0.3) is 0 Å². The van der Waals surface area contributed by atoms with Crippen LogP contribution in [0.5, 0.6) is 0 Å². The zero-order valence-electron chi connectivity index (χ0n) is 12.0. The monoisotopic (exact) mass is 303 g/mol. The maximum Gasteiger partial charge on any atom is 0.329 e. The van der Waals surface area contributed by atoms with Crippen molar-refractivity contribution >= 4 is 33.3 Å². The Labute approximate surface area is 127 Å². The lowest BCUT2D eigenvalue weighted by Crippen LogP contribution is -2.45. The van der Waals surface area contributed by atoms with Crippen LogP contribution in [0.25, 0.3) is 10.1 Å². The van der Waals surface area contributed by atoms with Gasteiger partial charge in [0.1, 0.15) is 6.04 Å². The molecule has 2 unspecified atom stereocenters. The molecule has 1 N–H and O–H groups in total. The maximum absolute atomic E-state index is 12.2. The molecule has 0 spiro atoms. The Balaban J connectivity index is 2.03. The normalized spacial score (nSPS) is 25.0. The van der Waals surface area contributed by atoms with Gasteiger partial charge in [-0.25, -0.2) is 4.79 Å². The number of benzene rings is 1. The molecule has 1 aromatic heterocycles. The van der Waals surface area contributed by atoms with Crippen molar-refractivity contribution < 1.29 is 14.3 Å². The summed E-state index contributed by atoms with van der Waals surface area (Å²) >= 11 is 1.63. The highest BCUT2D eigenvalue weighted by Gasteiger charge is 2.50. The van der Waals surface area contributed by atoms with Gasteiger partial charge in [-0.15, -0.1) is 11.3 Å². The fourth-order valence-electron chi connectivity index (χ4n) is 2.84. The topological polar surface area (TPSA) is 55.4 Å². The third-order valence-electron chi connectivity index (χ3n) is 3.98. The van der Waals surface area contributed by atoms with E-state index in [4.69, 9.17) is 4.74 Å². The van der Waals surface area contributed by atoms with Gasteiger partial charge in [-0.1, -0.05) is 25.1 Å². The van der Waals surface area contributed by atoms with E-state index < -0.39 is 11.5 Å². The van der Waals surface area contributed by atoms with E-state index in [-0.39, 0.29) is 11.9 Å². The lowest BCUT2D eigenvalue weighted by atomic mass is 9.80. The van der Waals surface area contributed by atoms with Gasteiger partial charge in [-0.3, -0.25) is 4.79 Å². The average molecular weight is 303 g/mol. The Kier molecular flexibility index (Phi) is 3.45. The molecule has 0 bridgehead atoms. The van der Waals surface area contributed by atoms with Crippen LogP contribution >= 0.6 is 11.3 Å². The summed E-state index contributed by atoms with van der Waals surface area (Å²) < 4.78 is 6.28. The van der Waals surface area contributed by atoms with E-state index in [1.807, 2.05) is 25.1 Å². The third kappa shape index (κ3) is 2.31. The molecule has 1 saturated heterocycles. The van der Waals surface area contributed by atoms with Gasteiger partial charge in [-0.2, -0.15) is 0 Å².